The number of carbonyl (C=O) groups excluding carboxylic acids is 2. The Morgan fingerprint density at radius 1 is 0.929 bits per heavy atom. The second-order valence-electron chi connectivity index (χ2n) is 6.64. The Bertz CT molecular complexity index is 1110. The quantitative estimate of drug-likeness (QED) is 0.726. The van der Waals surface area contributed by atoms with Gasteiger partial charge in [-0.1, -0.05) is 0 Å². The van der Waals surface area contributed by atoms with E-state index in [1.165, 1.54) is 10.8 Å². The van der Waals surface area contributed by atoms with Gasteiger partial charge in [-0.3, -0.25) is 14.4 Å². The maximum Gasteiger partial charge on any atom is 0.263 e. The summed E-state index contributed by atoms with van der Waals surface area (Å²) in [5, 5.41) is 5.47. The number of nitrogens with one attached hydrogen (secondary N) is 2. The number of rotatable bonds is 4. The van der Waals surface area contributed by atoms with Gasteiger partial charge in [0.25, 0.3) is 17.4 Å². The Balaban J connectivity index is 1.73. The van der Waals surface area contributed by atoms with Gasteiger partial charge in [-0.25, -0.2) is 0 Å². The van der Waals surface area contributed by atoms with E-state index in [0.29, 0.717) is 28.3 Å². The molecule has 7 heteroatoms. The van der Waals surface area contributed by atoms with E-state index in [-0.39, 0.29) is 17.0 Å². The van der Waals surface area contributed by atoms with Gasteiger partial charge < -0.3 is 19.6 Å². The summed E-state index contributed by atoms with van der Waals surface area (Å²) < 4.78 is 6.57. The molecule has 2 amide bonds. The smallest absolute Gasteiger partial charge is 0.263 e. The van der Waals surface area contributed by atoms with Crippen LogP contribution < -0.4 is 16.2 Å². The van der Waals surface area contributed by atoms with E-state index in [9.17, 15) is 14.4 Å². The van der Waals surface area contributed by atoms with Crippen molar-refractivity contribution in [3.8, 4) is 0 Å². The van der Waals surface area contributed by atoms with Gasteiger partial charge in [-0.2, -0.15) is 0 Å². The molecule has 0 atom stereocenters. The first-order valence-corrected chi connectivity index (χ1v) is 8.71. The van der Waals surface area contributed by atoms with E-state index in [4.69, 9.17) is 4.42 Å². The van der Waals surface area contributed by atoms with Gasteiger partial charge in [-0.15, -0.1) is 0 Å². The summed E-state index contributed by atoms with van der Waals surface area (Å²) >= 11 is 0. The van der Waals surface area contributed by atoms with Crippen molar-refractivity contribution in [2.75, 3.05) is 10.6 Å². The van der Waals surface area contributed by atoms with E-state index in [2.05, 4.69) is 10.6 Å². The molecule has 0 radical (unpaired) electrons. The van der Waals surface area contributed by atoms with Crippen LogP contribution >= 0.6 is 0 Å². The van der Waals surface area contributed by atoms with Crippen molar-refractivity contribution in [1.82, 2.24) is 4.57 Å². The molecular weight excluding hydrogens is 358 g/mol. The van der Waals surface area contributed by atoms with Crippen LogP contribution in [0.15, 0.2) is 51.9 Å². The summed E-state index contributed by atoms with van der Waals surface area (Å²) in [6, 6.07) is 10.1. The topological polar surface area (TPSA) is 93.3 Å². The van der Waals surface area contributed by atoms with Crippen molar-refractivity contribution in [3.05, 3.63) is 81.2 Å². The van der Waals surface area contributed by atoms with Crippen LogP contribution in [0.2, 0.25) is 0 Å². The van der Waals surface area contributed by atoms with Gasteiger partial charge in [0.2, 0.25) is 0 Å². The third kappa shape index (κ3) is 3.88. The fourth-order valence-electron chi connectivity index (χ4n) is 2.85. The van der Waals surface area contributed by atoms with Crippen LogP contribution in [0.1, 0.15) is 37.7 Å². The molecule has 144 valence electrons. The molecule has 2 aromatic heterocycles. The summed E-state index contributed by atoms with van der Waals surface area (Å²) in [7, 11) is 1.63. The van der Waals surface area contributed by atoms with E-state index >= 15 is 0 Å². The zero-order chi connectivity index (χ0) is 20.4. The molecule has 7 nitrogen and oxygen atoms in total. The van der Waals surface area contributed by atoms with Crippen molar-refractivity contribution in [1.29, 1.82) is 0 Å². The number of nitrogens with zero attached hydrogens (tertiary/aromatic N) is 1. The number of hydrogen-bond donors (Lipinski definition) is 2. The maximum atomic E-state index is 12.6. The number of aromatic nitrogens is 1. The highest BCUT2D eigenvalue weighted by Crippen LogP contribution is 2.17. The van der Waals surface area contributed by atoms with Gasteiger partial charge in [0.05, 0.1) is 5.56 Å². The molecule has 3 rings (SSSR count). The number of aryl methyl sites for hydroxylation is 3. The molecule has 0 fully saturated rings. The van der Waals surface area contributed by atoms with Crippen LogP contribution in [0.3, 0.4) is 0 Å². The Morgan fingerprint density at radius 3 is 2.04 bits per heavy atom. The number of anilines is 2. The lowest BCUT2D eigenvalue weighted by atomic mass is 10.1. The van der Waals surface area contributed by atoms with Crippen molar-refractivity contribution >= 4 is 23.2 Å². The van der Waals surface area contributed by atoms with Gasteiger partial charge in [0, 0.05) is 24.1 Å². The van der Waals surface area contributed by atoms with Crippen molar-refractivity contribution in [2.45, 2.75) is 20.8 Å². The summed E-state index contributed by atoms with van der Waals surface area (Å²) in [6.07, 6.45) is 1.39. The molecular formula is C21H21N3O4. The lowest BCUT2D eigenvalue weighted by Crippen LogP contribution is -2.30. The highest BCUT2D eigenvalue weighted by Gasteiger charge is 2.16. The molecule has 0 aliphatic rings. The fourth-order valence-corrected chi connectivity index (χ4v) is 2.85. The second-order valence-corrected chi connectivity index (χ2v) is 6.64. The standard InChI is InChI=1S/C21H21N3O4/c1-12-9-13(2)24(4)21(27)18(12)20(26)23-17-7-5-16(6-8-17)22-19(25)15-10-14(3)28-11-15/h5-11H,1-4H3,(H,22,25)(H,23,26). The minimum Gasteiger partial charge on any atom is -0.469 e. The van der Waals surface area contributed by atoms with Crippen LogP contribution in [-0.2, 0) is 7.05 Å². The molecule has 2 N–H and O–H groups in total. The van der Waals surface area contributed by atoms with Crippen molar-refractivity contribution in [2.24, 2.45) is 7.05 Å². The van der Waals surface area contributed by atoms with E-state index in [1.807, 2.05) is 6.92 Å². The van der Waals surface area contributed by atoms with E-state index < -0.39 is 5.91 Å². The SMILES string of the molecule is Cc1cc(C(=O)Nc2ccc(NC(=O)c3c(C)cc(C)n(C)c3=O)cc2)co1. The predicted octanol–water partition coefficient (Wildman–Crippen LogP) is 3.41. The second kappa shape index (κ2) is 7.56. The first-order chi connectivity index (χ1) is 13.3. The summed E-state index contributed by atoms with van der Waals surface area (Å²) in [5.74, 6) is -0.100. The van der Waals surface area contributed by atoms with Gasteiger partial charge in [0.1, 0.15) is 17.6 Å². The number of benzene rings is 1. The Hall–Kier alpha value is -3.61. The lowest BCUT2D eigenvalue weighted by Gasteiger charge is -2.11. The summed E-state index contributed by atoms with van der Waals surface area (Å²) in [6.45, 7) is 5.31. The average Bonchev–Trinajstić information content (AvgIpc) is 3.08. The van der Waals surface area contributed by atoms with Gasteiger partial charge in [0.15, 0.2) is 0 Å². The number of amides is 2. The van der Waals surface area contributed by atoms with Crippen LogP contribution in [0.25, 0.3) is 0 Å². The first kappa shape index (κ1) is 19.2. The molecule has 0 saturated carbocycles. The number of furan rings is 1. The molecule has 3 aromatic rings. The zero-order valence-electron chi connectivity index (χ0n) is 16.1. The highest BCUT2D eigenvalue weighted by molar-refractivity contribution is 6.06. The highest BCUT2D eigenvalue weighted by atomic mass is 16.3. The number of pyridine rings is 1. The van der Waals surface area contributed by atoms with Gasteiger partial charge in [-0.05, 0) is 62.7 Å². The van der Waals surface area contributed by atoms with Crippen LogP contribution in [0.4, 0.5) is 11.4 Å². The molecule has 0 bridgehead atoms. The normalized spacial score (nSPS) is 10.6. The van der Waals surface area contributed by atoms with Crippen LogP contribution in [0, 0.1) is 20.8 Å². The predicted molar refractivity (Wildman–Crippen MR) is 107 cm³/mol. The zero-order valence-corrected chi connectivity index (χ0v) is 16.1. The molecule has 1 aromatic carbocycles. The first-order valence-electron chi connectivity index (χ1n) is 8.71. The van der Waals surface area contributed by atoms with Crippen LogP contribution in [0.5, 0.6) is 0 Å². The number of hydrogen-bond acceptors (Lipinski definition) is 4. The average molecular weight is 379 g/mol. The molecule has 2 heterocycles. The fraction of sp³-hybridized carbons (Fsp3) is 0.190. The molecule has 0 aliphatic carbocycles. The van der Waals surface area contributed by atoms with Crippen molar-refractivity contribution in [3.63, 3.8) is 0 Å². The van der Waals surface area contributed by atoms with E-state index in [1.54, 1.807) is 57.3 Å². The lowest BCUT2D eigenvalue weighted by molar-refractivity contribution is 0.101. The molecule has 0 aliphatic heterocycles. The minimum atomic E-state index is -0.469. The monoisotopic (exact) mass is 379 g/mol. The Kier molecular flexibility index (Phi) is 5.17. The third-order valence-electron chi connectivity index (χ3n) is 4.49. The molecule has 0 unspecified atom stereocenters. The maximum absolute atomic E-state index is 12.6. The molecule has 0 saturated heterocycles. The third-order valence-corrected chi connectivity index (χ3v) is 4.49. The summed E-state index contributed by atoms with van der Waals surface area (Å²) in [4.78, 5) is 37.1. The molecule has 28 heavy (non-hydrogen) atoms. The Morgan fingerprint density at radius 2 is 1.50 bits per heavy atom. The minimum absolute atomic E-state index is 0.112. The largest absolute Gasteiger partial charge is 0.469 e. The van der Waals surface area contributed by atoms with E-state index in [0.717, 1.165) is 5.69 Å². The van der Waals surface area contributed by atoms with Crippen LogP contribution in [-0.4, -0.2) is 16.4 Å². The Labute approximate surface area is 162 Å². The van der Waals surface area contributed by atoms with Gasteiger partial charge >= 0.3 is 0 Å². The summed E-state index contributed by atoms with van der Waals surface area (Å²) in [5.41, 5.74) is 2.70. The number of carbonyl (C=O) groups is 2. The van der Waals surface area contributed by atoms with Crippen molar-refractivity contribution < 1.29 is 14.0 Å². The molecule has 0 spiro atoms.